The molecule has 3 rings (SSSR count). The number of carbonyl (C=O) groups is 1. The molecule has 0 bridgehead atoms. The van der Waals surface area contributed by atoms with Crippen LogP contribution in [-0.2, 0) is 0 Å². The van der Waals surface area contributed by atoms with Crippen molar-refractivity contribution >= 4 is 23.9 Å². The largest absolute Gasteiger partial charge is 0.333 e. The number of urea groups is 1. The van der Waals surface area contributed by atoms with Crippen LogP contribution < -0.4 is 16.6 Å². The monoisotopic (exact) mass is 371 g/mol. The number of hydrogen-bond donors (Lipinski definition) is 3. The third-order valence-electron chi connectivity index (χ3n) is 4.86. The Morgan fingerprint density at radius 1 is 0.857 bits per heavy atom. The minimum absolute atomic E-state index is 0.445. The molecular weight excluding hydrogens is 346 g/mol. The lowest BCUT2D eigenvalue weighted by molar-refractivity contribution is 0.252. The normalized spacial score (nSPS) is 10.9. The van der Waals surface area contributed by atoms with Gasteiger partial charge in [-0.25, -0.2) is 10.6 Å². The van der Waals surface area contributed by atoms with E-state index in [0.29, 0.717) is 5.69 Å². The Bertz CT molecular complexity index is 1040. The van der Waals surface area contributed by atoms with Crippen molar-refractivity contribution in [3.05, 3.63) is 88.5 Å². The summed E-state index contributed by atoms with van der Waals surface area (Å²) in [5.41, 5.74) is 10.9. The summed E-state index contributed by atoms with van der Waals surface area (Å²) in [6.45, 7) is 6.25. The minimum atomic E-state index is -0.445. The predicted molar refractivity (Wildman–Crippen MR) is 118 cm³/mol. The maximum Gasteiger partial charge on any atom is 0.333 e. The van der Waals surface area contributed by atoms with Gasteiger partial charge in [-0.2, -0.15) is 0 Å². The van der Waals surface area contributed by atoms with Gasteiger partial charge in [-0.1, -0.05) is 66.7 Å². The highest BCUT2D eigenvalue weighted by molar-refractivity contribution is 5.93. The lowest BCUT2D eigenvalue weighted by Crippen LogP contribution is -2.34. The summed E-state index contributed by atoms with van der Waals surface area (Å²) in [6.07, 6.45) is 4.10. The molecule has 0 aliphatic carbocycles. The van der Waals surface area contributed by atoms with E-state index in [-0.39, 0.29) is 0 Å². The molecule has 2 amide bonds. The molecule has 0 unspecified atom stereocenters. The fourth-order valence-corrected chi connectivity index (χ4v) is 3.27. The number of benzene rings is 3. The van der Waals surface area contributed by atoms with E-state index in [1.165, 1.54) is 22.3 Å². The molecule has 4 heteroatoms. The molecule has 3 aromatic rings. The highest BCUT2D eigenvalue weighted by Gasteiger charge is 2.07. The van der Waals surface area contributed by atoms with Gasteiger partial charge in [-0.05, 0) is 60.2 Å². The number of nitrogens with one attached hydrogen (secondary N) is 2. The lowest BCUT2D eigenvalue weighted by Gasteiger charge is -2.11. The number of nitrogens with two attached hydrogens (primary N) is 1. The van der Waals surface area contributed by atoms with Gasteiger partial charge in [0.1, 0.15) is 0 Å². The summed E-state index contributed by atoms with van der Waals surface area (Å²) in [7, 11) is 0. The highest BCUT2D eigenvalue weighted by Crippen LogP contribution is 2.27. The number of aryl methyl sites for hydroxylation is 3. The summed E-state index contributed by atoms with van der Waals surface area (Å²) in [6, 6.07) is 20.2. The third-order valence-corrected chi connectivity index (χ3v) is 4.86. The second kappa shape index (κ2) is 8.55. The molecule has 0 atom stereocenters. The second-order valence-electron chi connectivity index (χ2n) is 6.85. The van der Waals surface area contributed by atoms with Crippen LogP contribution in [0.25, 0.3) is 23.3 Å². The van der Waals surface area contributed by atoms with Crippen molar-refractivity contribution in [2.45, 2.75) is 20.8 Å². The molecule has 0 fully saturated rings. The Balaban J connectivity index is 1.92. The molecule has 4 nitrogen and oxygen atoms in total. The van der Waals surface area contributed by atoms with Gasteiger partial charge in [-0.3, -0.25) is 5.43 Å². The van der Waals surface area contributed by atoms with Crippen LogP contribution in [0.1, 0.15) is 27.8 Å². The number of anilines is 1. The first-order valence-corrected chi connectivity index (χ1v) is 9.21. The van der Waals surface area contributed by atoms with Gasteiger partial charge in [0.2, 0.25) is 0 Å². The van der Waals surface area contributed by atoms with Crippen molar-refractivity contribution in [3.8, 4) is 11.1 Å². The van der Waals surface area contributed by atoms with Crippen LogP contribution in [0.4, 0.5) is 10.5 Å². The average Bonchev–Trinajstić information content (AvgIpc) is 2.68. The van der Waals surface area contributed by atoms with Crippen molar-refractivity contribution in [2.75, 3.05) is 5.32 Å². The molecule has 0 aromatic heterocycles. The van der Waals surface area contributed by atoms with Gasteiger partial charge >= 0.3 is 6.03 Å². The van der Waals surface area contributed by atoms with Gasteiger partial charge in [0.05, 0.1) is 0 Å². The maximum atomic E-state index is 11.6. The second-order valence-corrected chi connectivity index (χ2v) is 6.85. The molecular formula is C24H25N3O. The molecule has 3 aromatic carbocycles. The van der Waals surface area contributed by atoms with Crippen molar-refractivity contribution < 1.29 is 4.79 Å². The topological polar surface area (TPSA) is 67.2 Å². The summed E-state index contributed by atoms with van der Waals surface area (Å²) >= 11 is 0. The molecule has 0 saturated carbocycles. The van der Waals surface area contributed by atoms with E-state index in [0.717, 1.165) is 16.7 Å². The van der Waals surface area contributed by atoms with E-state index >= 15 is 0 Å². The Morgan fingerprint density at radius 2 is 1.61 bits per heavy atom. The number of hydrogen-bond acceptors (Lipinski definition) is 2. The van der Waals surface area contributed by atoms with Crippen LogP contribution in [0.5, 0.6) is 0 Å². The lowest BCUT2D eigenvalue weighted by atomic mass is 9.96. The number of hydrazine groups is 1. The van der Waals surface area contributed by atoms with Crippen LogP contribution in [0, 0.1) is 20.8 Å². The van der Waals surface area contributed by atoms with Crippen molar-refractivity contribution in [3.63, 3.8) is 0 Å². The fourth-order valence-electron chi connectivity index (χ4n) is 3.27. The Morgan fingerprint density at radius 3 is 2.32 bits per heavy atom. The summed E-state index contributed by atoms with van der Waals surface area (Å²) < 4.78 is 0. The van der Waals surface area contributed by atoms with Gasteiger partial charge < -0.3 is 5.32 Å². The molecule has 4 N–H and O–H groups in total. The van der Waals surface area contributed by atoms with E-state index in [9.17, 15) is 4.79 Å². The molecule has 0 aliphatic heterocycles. The van der Waals surface area contributed by atoms with Crippen LogP contribution in [0.2, 0.25) is 0 Å². The smallest absolute Gasteiger partial charge is 0.306 e. The zero-order valence-electron chi connectivity index (χ0n) is 16.4. The minimum Gasteiger partial charge on any atom is -0.306 e. The molecule has 28 heavy (non-hydrogen) atoms. The Hall–Kier alpha value is -3.37. The van der Waals surface area contributed by atoms with E-state index in [2.05, 4.69) is 73.1 Å². The molecule has 0 heterocycles. The van der Waals surface area contributed by atoms with Crippen LogP contribution in [-0.4, -0.2) is 6.03 Å². The number of carbonyl (C=O) groups excluding carboxylic acids is 1. The molecule has 0 aliphatic rings. The number of rotatable bonds is 4. The van der Waals surface area contributed by atoms with E-state index in [1.54, 1.807) is 0 Å². The van der Waals surface area contributed by atoms with E-state index in [4.69, 9.17) is 5.84 Å². The zero-order chi connectivity index (χ0) is 20.1. The van der Waals surface area contributed by atoms with Crippen molar-refractivity contribution in [1.29, 1.82) is 0 Å². The summed E-state index contributed by atoms with van der Waals surface area (Å²) in [5.74, 6) is 5.19. The van der Waals surface area contributed by atoms with Gasteiger partial charge in [0, 0.05) is 11.3 Å². The zero-order valence-corrected chi connectivity index (χ0v) is 16.4. The van der Waals surface area contributed by atoms with Gasteiger partial charge in [-0.15, -0.1) is 0 Å². The Kier molecular flexibility index (Phi) is 5.92. The summed E-state index contributed by atoms with van der Waals surface area (Å²) in [4.78, 5) is 11.6. The first-order valence-electron chi connectivity index (χ1n) is 9.21. The van der Waals surface area contributed by atoms with E-state index in [1.807, 2.05) is 31.2 Å². The summed E-state index contributed by atoms with van der Waals surface area (Å²) in [5, 5.41) is 2.76. The number of amides is 2. The fraction of sp³-hybridized carbons (Fsp3) is 0.125. The van der Waals surface area contributed by atoms with Gasteiger partial charge in [0.15, 0.2) is 0 Å². The maximum absolute atomic E-state index is 11.6. The van der Waals surface area contributed by atoms with Crippen molar-refractivity contribution in [2.24, 2.45) is 5.84 Å². The quantitative estimate of drug-likeness (QED) is 0.247. The van der Waals surface area contributed by atoms with Crippen LogP contribution in [0.15, 0.2) is 60.7 Å². The van der Waals surface area contributed by atoms with Crippen LogP contribution >= 0.6 is 0 Å². The predicted octanol–water partition coefficient (Wildman–Crippen LogP) is 5.44. The van der Waals surface area contributed by atoms with Crippen molar-refractivity contribution in [1.82, 2.24) is 5.43 Å². The van der Waals surface area contributed by atoms with E-state index < -0.39 is 6.03 Å². The standard InChI is InChI=1S/C24H25N3O/c1-16-7-4-5-9-21(16)20-12-11-19(18(3)15-20)13-14-22-17(2)8-6-10-23(22)26-24(28)27-25/h4-15H,25H2,1-3H3,(H2,26,27,28)/b14-13+. The molecule has 142 valence electrons. The van der Waals surface area contributed by atoms with Crippen LogP contribution in [0.3, 0.4) is 0 Å². The molecule has 0 saturated heterocycles. The van der Waals surface area contributed by atoms with Gasteiger partial charge in [0.25, 0.3) is 0 Å². The molecule has 0 spiro atoms. The SMILES string of the molecule is Cc1cc(-c2ccccc2C)ccc1/C=C/c1c(C)cccc1NC(=O)NN. The Labute approximate surface area is 166 Å². The molecule has 0 radical (unpaired) electrons. The average molecular weight is 371 g/mol. The first-order chi connectivity index (χ1) is 13.5. The first kappa shape index (κ1) is 19.4. The highest BCUT2D eigenvalue weighted by atomic mass is 16.2. The third kappa shape index (κ3) is 4.30.